The first-order valence-electron chi connectivity index (χ1n) is 6.50. The summed E-state index contributed by atoms with van der Waals surface area (Å²) < 4.78 is 5.04. The first-order chi connectivity index (χ1) is 8.54. The fraction of sp³-hybridized carbons (Fsp3) is 0.533. The first-order valence-corrected chi connectivity index (χ1v) is 6.50. The highest BCUT2D eigenvalue weighted by Gasteiger charge is 2.16. The van der Waals surface area contributed by atoms with E-state index in [-0.39, 0.29) is 30.9 Å². The zero-order valence-corrected chi connectivity index (χ0v) is 12.7. The number of benzene rings is 1. The van der Waals surface area contributed by atoms with Crippen LogP contribution < -0.4 is 5.73 Å². The van der Waals surface area contributed by atoms with Gasteiger partial charge in [-0.2, -0.15) is 0 Å². The minimum atomic E-state index is -0.232. The molecule has 0 aliphatic heterocycles. The zero-order chi connectivity index (χ0) is 13.5. The van der Waals surface area contributed by atoms with E-state index in [9.17, 15) is 4.79 Å². The Bertz CT molecular complexity index is 376. The summed E-state index contributed by atoms with van der Waals surface area (Å²) in [5, 5.41) is 0. The zero-order valence-electron chi connectivity index (χ0n) is 11.9. The van der Waals surface area contributed by atoms with Gasteiger partial charge in [0.05, 0.1) is 5.92 Å². The van der Waals surface area contributed by atoms with Crippen molar-refractivity contribution in [1.29, 1.82) is 0 Å². The quantitative estimate of drug-likeness (QED) is 0.818. The fourth-order valence-corrected chi connectivity index (χ4v) is 1.83. The van der Waals surface area contributed by atoms with Crippen molar-refractivity contribution in [2.75, 3.05) is 13.2 Å². The van der Waals surface area contributed by atoms with E-state index in [0.29, 0.717) is 12.5 Å². The molecule has 0 saturated heterocycles. The van der Waals surface area contributed by atoms with Gasteiger partial charge in [-0.05, 0) is 30.4 Å². The Balaban J connectivity index is 0.00000324. The maximum Gasteiger partial charge on any atom is 0.313 e. The second-order valence-corrected chi connectivity index (χ2v) is 5.02. The van der Waals surface area contributed by atoms with Crippen LogP contribution in [0.15, 0.2) is 24.3 Å². The lowest BCUT2D eigenvalue weighted by atomic mass is 9.97. The van der Waals surface area contributed by atoms with Gasteiger partial charge < -0.3 is 10.5 Å². The van der Waals surface area contributed by atoms with Crippen LogP contribution in [0.5, 0.6) is 0 Å². The Labute approximate surface area is 121 Å². The third-order valence-electron chi connectivity index (χ3n) is 2.84. The Morgan fingerprint density at radius 3 is 2.26 bits per heavy atom. The lowest BCUT2D eigenvalue weighted by molar-refractivity contribution is -0.144. The average Bonchev–Trinajstić information content (AvgIpc) is 2.35. The van der Waals surface area contributed by atoms with E-state index in [1.807, 2.05) is 19.1 Å². The van der Waals surface area contributed by atoms with E-state index in [4.69, 9.17) is 10.5 Å². The van der Waals surface area contributed by atoms with E-state index >= 15 is 0 Å². The van der Waals surface area contributed by atoms with E-state index in [1.165, 1.54) is 5.56 Å². The largest absolute Gasteiger partial charge is 0.464 e. The third-order valence-corrected chi connectivity index (χ3v) is 2.84. The Morgan fingerprint density at radius 1 is 1.21 bits per heavy atom. The molecule has 3 nitrogen and oxygen atoms in total. The van der Waals surface area contributed by atoms with Crippen molar-refractivity contribution < 1.29 is 9.53 Å². The number of esters is 1. The number of nitrogens with two attached hydrogens (primary N) is 1. The molecule has 0 aromatic heterocycles. The number of rotatable bonds is 6. The molecule has 0 bridgehead atoms. The van der Waals surface area contributed by atoms with Crippen molar-refractivity contribution in [3.63, 3.8) is 0 Å². The van der Waals surface area contributed by atoms with Crippen molar-refractivity contribution in [3.05, 3.63) is 35.4 Å². The van der Waals surface area contributed by atoms with E-state index in [1.54, 1.807) is 0 Å². The molecular weight excluding hydrogens is 262 g/mol. The average molecular weight is 286 g/mol. The summed E-state index contributed by atoms with van der Waals surface area (Å²) in [6, 6.07) is 8.18. The van der Waals surface area contributed by atoms with Crippen LogP contribution in [0, 0.1) is 5.92 Å². The van der Waals surface area contributed by atoms with Gasteiger partial charge in [0, 0.05) is 6.54 Å². The van der Waals surface area contributed by atoms with E-state index in [0.717, 1.165) is 12.0 Å². The second-order valence-electron chi connectivity index (χ2n) is 5.02. The summed E-state index contributed by atoms with van der Waals surface area (Å²) in [7, 11) is 0. The Kier molecular flexibility index (Phi) is 8.44. The number of carbonyl (C=O) groups is 1. The van der Waals surface area contributed by atoms with Gasteiger partial charge in [0.25, 0.3) is 0 Å². The molecule has 0 radical (unpaired) electrons. The van der Waals surface area contributed by atoms with Crippen LogP contribution in [0.4, 0.5) is 0 Å². The molecule has 4 heteroatoms. The summed E-state index contributed by atoms with van der Waals surface area (Å²) >= 11 is 0. The predicted molar refractivity (Wildman–Crippen MR) is 80.7 cm³/mol. The van der Waals surface area contributed by atoms with Crippen molar-refractivity contribution in [2.24, 2.45) is 11.7 Å². The van der Waals surface area contributed by atoms with Gasteiger partial charge in [0.15, 0.2) is 0 Å². The normalized spacial score (nSPS) is 11.8. The minimum absolute atomic E-state index is 0. The number of halogens is 1. The number of carbonyl (C=O) groups excluding carboxylic acids is 1. The van der Waals surface area contributed by atoms with Crippen LogP contribution in [0.2, 0.25) is 0 Å². The van der Waals surface area contributed by atoms with Crippen LogP contribution >= 0.6 is 12.4 Å². The molecule has 1 atom stereocenters. The van der Waals surface area contributed by atoms with Crippen LogP contribution in [0.3, 0.4) is 0 Å². The van der Waals surface area contributed by atoms with Gasteiger partial charge in [-0.25, -0.2) is 0 Å². The second kappa shape index (κ2) is 8.94. The smallest absolute Gasteiger partial charge is 0.313 e. The summed E-state index contributed by atoms with van der Waals surface area (Å²) in [5.74, 6) is 0.199. The summed E-state index contributed by atoms with van der Waals surface area (Å²) in [6.07, 6.45) is 1.06. The van der Waals surface area contributed by atoms with Crippen molar-refractivity contribution in [3.8, 4) is 0 Å². The molecule has 0 aliphatic carbocycles. The highest BCUT2D eigenvalue weighted by atomic mass is 35.5. The molecular formula is C15H24ClNO2. The predicted octanol–water partition coefficient (Wildman–Crippen LogP) is 2.91. The molecule has 1 rings (SSSR count). The lowest BCUT2D eigenvalue weighted by Gasteiger charge is -2.12. The molecule has 2 N–H and O–H groups in total. The van der Waals surface area contributed by atoms with Crippen molar-refractivity contribution in [1.82, 2.24) is 0 Å². The Hall–Kier alpha value is -1.06. The first kappa shape index (κ1) is 17.9. The van der Waals surface area contributed by atoms with Crippen LogP contribution in [-0.2, 0) is 16.0 Å². The maximum absolute atomic E-state index is 11.7. The SMILES string of the molecule is CC(C)Cc1ccc(C(C)C(=O)OCCN)cc1.Cl. The van der Waals surface area contributed by atoms with Crippen molar-refractivity contribution >= 4 is 18.4 Å². The molecule has 1 unspecified atom stereocenters. The number of hydrogen-bond donors (Lipinski definition) is 1. The third kappa shape index (κ3) is 6.08. The van der Waals surface area contributed by atoms with Gasteiger partial charge in [0.2, 0.25) is 0 Å². The van der Waals surface area contributed by atoms with Gasteiger partial charge in [-0.3, -0.25) is 4.79 Å². The molecule has 1 aromatic rings. The molecule has 0 amide bonds. The molecule has 0 saturated carbocycles. The summed E-state index contributed by atoms with van der Waals surface area (Å²) in [5.41, 5.74) is 7.60. The molecule has 0 aliphatic rings. The summed E-state index contributed by atoms with van der Waals surface area (Å²) in [6.45, 7) is 6.90. The lowest BCUT2D eigenvalue weighted by Crippen LogP contribution is -2.18. The summed E-state index contributed by atoms with van der Waals surface area (Å²) in [4.78, 5) is 11.7. The van der Waals surface area contributed by atoms with Crippen LogP contribution in [0.1, 0.15) is 37.8 Å². The van der Waals surface area contributed by atoms with Gasteiger partial charge >= 0.3 is 5.97 Å². The standard InChI is InChI=1S/C15H23NO2.ClH/c1-11(2)10-13-4-6-14(7-5-13)12(3)15(17)18-9-8-16;/h4-7,11-12H,8-10,16H2,1-3H3;1H. The fourth-order valence-electron chi connectivity index (χ4n) is 1.83. The number of ether oxygens (including phenoxy) is 1. The minimum Gasteiger partial charge on any atom is -0.464 e. The number of hydrogen-bond acceptors (Lipinski definition) is 3. The molecule has 108 valence electrons. The topological polar surface area (TPSA) is 52.3 Å². The van der Waals surface area contributed by atoms with Crippen molar-refractivity contribution in [2.45, 2.75) is 33.1 Å². The molecule has 0 fully saturated rings. The molecule has 1 aromatic carbocycles. The highest BCUT2D eigenvalue weighted by molar-refractivity contribution is 5.85. The van der Waals surface area contributed by atoms with Crippen LogP contribution in [-0.4, -0.2) is 19.1 Å². The van der Waals surface area contributed by atoms with Gasteiger partial charge in [-0.15, -0.1) is 12.4 Å². The van der Waals surface area contributed by atoms with E-state index in [2.05, 4.69) is 26.0 Å². The highest BCUT2D eigenvalue weighted by Crippen LogP contribution is 2.18. The van der Waals surface area contributed by atoms with Gasteiger partial charge in [0.1, 0.15) is 6.61 Å². The molecule has 0 spiro atoms. The van der Waals surface area contributed by atoms with E-state index < -0.39 is 0 Å². The maximum atomic E-state index is 11.7. The monoisotopic (exact) mass is 285 g/mol. The Morgan fingerprint density at radius 2 is 1.79 bits per heavy atom. The van der Waals surface area contributed by atoms with Crippen LogP contribution in [0.25, 0.3) is 0 Å². The molecule has 0 heterocycles. The molecule has 19 heavy (non-hydrogen) atoms. The van der Waals surface area contributed by atoms with Gasteiger partial charge in [-0.1, -0.05) is 38.1 Å².